The summed E-state index contributed by atoms with van der Waals surface area (Å²) >= 11 is 5.94. The van der Waals surface area contributed by atoms with Gasteiger partial charge in [0.25, 0.3) is 5.69 Å². The van der Waals surface area contributed by atoms with Crippen molar-refractivity contribution in [2.24, 2.45) is 0 Å². The van der Waals surface area contributed by atoms with Crippen LogP contribution in [-0.2, 0) is 27.5 Å². The van der Waals surface area contributed by atoms with Gasteiger partial charge in [-0.3, -0.25) is 10.1 Å². The summed E-state index contributed by atoms with van der Waals surface area (Å²) < 4.78 is 20.9. The van der Waals surface area contributed by atoms with Gasteiger partial charge < -0.3 is 18.9 Å². The Morgan fingerprint density at radius 1 is 1.31 bits per heavy atom. The molecule has 1 aliphatic rings. The van der Waals surface area contributed by atoms with Crippen LogP contribution in [0.1, 0.15) is 11.1 Å². The first-order chi connectivity index (χ1) is 12.5. The molecule has 9 heteroatoms. The highest BCUT2D eigenvalue weighted by atomic mass is 35.5. The molecule has 136 valence electrons. The normalized spacial score (nSPS) is 12.7. The topological polar surface area (TPSA) is 97.1 Å². The monoisotopic (exact) mass is 379 g/mol. The molecule has 0 aromatic heterocycles. The zero-order valence-electron chi connectivity index (χ0n) is 13.5. The molecule has 0 N–H and O–H groups in total. The van der Waals surface area contributed by atoms with Gasteiger partial charge in [0.1, 0.15) is 18.1 Å². The Kier molecular flexibility index (Phi) is 5.55. The lowest BCUT2D eigenvalue weighted by molar-refractivity contribution is -0.385. The Morgan fingerprint density at radius 3 is 2.88 bits per heavy atom. The Labute approximate surface area is 153 Å². The molecule has 0 bridgehead atoms. The average Bonchev–Trinajstić information content (AvgIpc) is 2.65. The van der Waals surface area contributed by atoms with E-state index in [9.17, 15) is 14.9 Å². The fourth-order valence-corrected chi connectivity index (χ4v) is 2.58. The lowest BCUT2D eigenvalue weighted by Crippen LogP contribution is -2.17. The third-order valence-corrected chi connectivity index (χ3v) is 3.87. The van der Waals surface area contributed by atoms with E-state index < -0.39 is 10.9 Å². The maximum absolute atomic E-state index is 11.9. The maximum Gasteiger partial charge on any atom is 0.344 e. The van der Waals surface area contributed by atoms with E-state index in [0.29, 0.717) is 27.6 Å². The van der Waals surface area contributed by atoms with Gasteiger partial charge in [0.2, 0.25) is 0 Å². The van der Waals surface area contributed by atoms with Gasteiger partial charge in [-0.2, -0.15) is 0 Å². The SMILES string of the molecule is O=C(COc1ccccc1Cl)OCc1cc([N+](=O)[O-])cc2c1OCOC2. The molecule has 3 rings (SSSR count). The smallest absolute Gasteiger partial charge is 0.344 e. The Hall–Kier alpha value is -2.84. The summed E-state index contributed by atoms with van der Waals surface area (Å²) in [5, 5.41) is 11.4. The molecule has 2 aromatic carbocycles. The highest BCUT2D eigenvalue weighted by Crippen LogP contribution is 2.33. The predicted molar refractivity (Wildman–Crippen MR) is 90.1 cm³/mol. The summed E-state index contributed by atoms with van der Waals surface area (Å²) in [7, 11) is 0. The molecular weight excluding hydrogens is 366 g/mol. The lowest BCUT2D eigenvalue weighted by Gasteiger charge is -2.20. The van der Waals surface area contributed by atoms with Gasteiger partial charge in [-0.25, -0.2) is 4.79 Å². The fraction of sp³-hybridized carbons (Fsp3) is 0.235. The maximum atomic E-state index is 11.9. The number of nitrogens with zero attached hydrogens (tertiary/aromatic N) is 1. The van der Waals surface area contributed by atoms with E-state index in [1.165, 1.54) is 12.1 Å². The van der Waals surface area contributed by atoms with E-state index in [0.717, 1.165) is 0 Å². The van der Waals surface area contributed by atoms with Crippen LogP contribution >= 0.6 is 11.6 Å². The number of hydrogen-bond acceptors (Lipinski definition) is 7. The average molecular weight is 380 g/mol. The number of carbonyl (C=O) groups is 1. The highest BCUT2D eigenvalue weighted by Gasteiger charge is 2.21. The molecule has 1 heterocycles. The minimum absolute atomic E-state index is 0.0291. The van der Waals surface area contributed by atoms with Crippen molar-refractivity contribution in [3.8, 4) is 11.5 Å². The molecule has 0 saturated carbocycles. The summed E-state index contributed by atoms with van der Waals surface area (Å²) in [6.07, 6.45) is 0. The molecule has 0 aliphatic carbocycles. The number of carbonyl (C=O) groups excluding carboxylic acids is 1. The number of rotatable bonds is 6. The van der Waals surface area contributed by atoms with E-state index in [1.54, 1.807) is 24.3 Å². The minimum Gasteiger partial charge on any atom is -0.480 e. The van der Waals surface area contributed by atoms with E-state index >= 15 is 0 Å². The number of ether oxygens (including phenoxy) is 4. The van der Waals surface area contributed by atoms with Gasteiger partial charge in [-0.1, -0.05) is 23.7 Å². The minimum atomic E-state index is -0.641. The van der Waals surface area contributed by atoms with Gasteiger partial charge in [-0.05, 0) is 12.1 Å². The van der Waals surface area contributed by atoms with E-state index in [2.05, 4.69) is 0 Å². The zero-order valence-corrected chi connectivity index (χ0v) is 14.2. The number of esters is 1. The standard InChI is InChI=1S/C17H14ClNO7/c18-14-3-1-2-4-15(14)24-9-16(20)25-8-12-6-13(19(21)22)5-11-7-23-10-26-17(11)12/h1-6H,7-10H2. The fourth-order valence-electron chi connectivity index (χ4n) is 2.39. The van der Waals surface area contributed by atoms with Gasteiger partial charge in [0, 0.05) is 23.3 Å². The van der Waals surface area contributed by atoms with Crippen molar-refractivity contribution in [1.29, 1.82) is 0 Å². The zero-order chi connectivity index (χ0) is 18.5. The number of non-ortho nitro benzene ring substituents is 1. The van der Waals surface area contributed by atoms with Crippen LogP contribution in [0.4, 0.5) is 5.69 Å². The van der Waals surface area contributed by atoms with Crippen molar-refractivity contribution in [2.75, 3.05) is 13.4 Å². The van der Waals surface area contributed by atoms with Crippen LogP contribution in [0, 0.1) is 10.1 Å². The highest BCUT2D eigenvalue weighted by molar-refractivity contribution is 6.32. The van der Waals surface area contributed by atoms with Crippen molar-refractivity contribution in [1.82, 2.24) is 0 Å². The molecular formula is C17H14ClNO7. The first kappa shape index (κ1) is 18.0. The molecule has 0 unspecified atom stereocenters. The third-order valence-electron chi connectivity index (χ3n) is 3.55. The lowest BCUT2D eigenvalue weighted by atomic mass is 10.1. The molecule has 2 aromatic rings. The molecule has 1 aliphatic heterocycles. The van der Waals surface area contributed by atoms with Crippen molar-refractivity contribution in [3.05, 3.63) is 62.7 Å². The van der Waals surface area contributed by atoms with E-state index in [-0.39, 0.29) is 32.3 Å². The second-order valence-corrected chi connectivity index (χ2v) is 5.75. The number of fused-ring (bicyclic) bond motifs is 1. The predicted octanol–water partition coefficient (Wildman–Crippen LogP) is 3.24. The summed E-state index contributed by atoms with van der Waals surface area (Å²) in [6, 6.07) is 9.41. The number of benzene rings is 2. The second-order valence-electron chi connectivity index (χ2n) is 5.34. The number of halogens is 1. The van der Waals surface area contributed by atoms with Gasteiger partial charge in [-0.15, -0.1) is 0 Å². The summed E-state index contributed by atoms with van der Waals surface area (Å²) in [5.74, 6) is 0.151. The molecule has 26 heavy (non-hydrogen) atoms. The van der Waals surface area contributed by atoms with Crippen LogP contribution in [0.3, 0.4) is 0 Å². The molecule has 0 radical (unpaired) electrons. The molecule has 8 nitrogen and oxygen atoms in total. The summed E-state index contributed by atoms with van der Waals surface area (Å²) in [5.41, 5.74) is 0.795. The van der Waals surface area contributed by atoms with Gasteiger partial charge in [0.15, 0.2) is 13.4 Å². The third kappa shape index (κ3) is 4.22. The molecule has 0 atom stereocenters. The number of hydrogen-bond donors (Lipinski definition) is 0. The van der Waals surface area contributed by atoms with Crippen molar-refractivity contribution < 1.29 is 28.7 Å². The van der Waals surface area contributed by atoms with E-state index in [4.69, 9.17) is 30.5 Å². The van der Waals surface area contributed by atoms with Crippen molar-refractivity contribution in [3.63, 3.8) is 0 Å². The van der Waals surface area contributed by atoms with Crippen molar-refractivity contribution >= 4 is 23.3 Å². The van der Waals surface area contributed by atoms with Crippen LogP contribution < -0.4 is 9.47 Å². The van der Waals surface area contributed by atoms with Crippen molar-refractivity contribution in [2.45, 2.75) is 13.2 Å². The molecule has 0 saturated heterocycles. The summed E-state index contributed by atoms with van der Waals surface area (Å²) in [4.78, 5) is 22.4. The molecule has 0 amide bonds. The Morgan fingerprint density at radius 2 is 2.12 bits per heavy atom. The first-order valence-electron chi connectivity index (χ1n) is 7.58. The number of nitro benzene ring substituents is 1. The van der Waals surface area contributed by atoms with Crippen LogP contribution in [0.15, 0.2) is 36.4 Å². The van der Waals surface area contributed by atoms with Gasteiger partial charge in [0.05, 0.1) is 16.6 Å². The van der Waals surface area contributed by atoms with Crippen LogP contribution in [-0.4, -0.2) is 24.3 Å². The summed E-state index contributed by atoms with van der Waals surface area (Å²) in [6.45, 7) is -0.311. The Bertz CT molecular complexity index is 840. The number of nitro groups is 1. The van der Waals surface area contributed by atoms with Crippen LogP contribution in [0.25, 0.3) is 0 Å². The number of para-hydroxylation sites is 1. The molecule has 0 spiro atoms. The Balaban J connectivity index is 1.65. The second kappa shape index (κ2) is 8.03. The molecule has 0 fully saturated rings. The van der Waals surface area contributed by atoms with Crippen LogP contribution in [0.5, 0.6) is 11.5 Å². The van der Waals surface area contributed by atoms with Gasteiger partial charge >= 0.3 is 5.97 Å². The quantitative estimate of drug-likeness (QED) is 0.431. The van der Waals surface area contributed by atoms with Crippen LogP contribution in [0.2, 0.25) is 5.02 Å². The van der Waals surface area contributed by atoms with E-state index in [1.807, 2.05) is 0 Å². The first-order valence-corrected chi connectivity index (χ1v) is 7.96. The largest absolute Gasteiger partial charge is 0.480 e.